The van der Waals surface area contributed by atoms with Crippen LogP contribution < -0.4 is 10.7 Å². The van der Waals surface area contributed by atoms with E-state index in [-0.39, 0.29) is 23.9 Å². The van der Waals surface area contributed by atoms with Crippen molar-refractivity contribution in [1.29, 1.82) is 0 Å². The summed E-state index contributed by atoms with van der Waals surface area (Å²) in [7, 11) is 0. The van der Waals surface area contributed by atoms with Crippen molar-refractivity contribution in [2.45, 2.75) is 26.2 Å². The van der Waals surface area contributed by atoms with Crippen molar-refractivity contribution >= 4 is 28.9 Å². The van der Waals surface area contributed by atoms with Crippen molar-refractivity contribution in [3.63, 3.8) is 0 Å². The number of nitrogens with one attached hydrogen (secondary N) is 2. The molecular formula is C19H20N4O4. The van der Waals surface area contributed by atoms with Gasteiger partial charge in [-0.15, -0.1) is 0 Å². The summed E-state index contributed by atoms with van der Waals surface area (Å²) >= 11 is 0. The Labute approximate surface area is 156 Å². The number of nitrogens with zero attached hydrogens (tertiary/aromatic N) is 2. The van der Waals surface area contributed by atoms with Crippen LogP contribution in [0.3, 0.4) is 0 Å². The fourth-order valence-corrected chi connectivity index (χ4v) is 2.26. The molecule has 140 valence electrons. The molecule has 0 aliphatic rings. The lowest BCUT2D eigenvalue weighted by Crippen LogP contribution is -2.21. The Bertz CT molecular complexity index is 833. The number of hydrazone groups is 1. The van der Waals surface area contributed by atoms with Gasteiger partial charge in [0.25, 0.3) is 5.69 Å². The Balaban J connectivity index is 1.75. The zero-order valence-corrected chi connectivity index (χ0v) is 14.8. The average Bonchev–Trinajstić information content (AvgIpc) is 2.66. The van der Waals surface area contributed by atoms with Gasteiger partial charge < -0.3 is 5.32 Å². The van der Waals surface area contributed by atoms with Crippen LogP contribution in [-0.4, -0.2) is 22.4 Å². The molecule has 0 unspecified atom stereocenters. The Hall–Kier alpha value is -3.55. The van der Waals surface area contributed by atoms with Gasteiger partial charge in [0.2, 0.25) is 11.8 Å². The van der Waals surface area contributed by atoms with Crippen LogP contribution in [0.25, 0.3) is 0 Å². The third-order valence-corrected chi connectivity index (χ3v) is 3.63. The Morgan fingerprint density at radius 2 is 1.70 bits per heavy atom. The number of nitro groups is 1. The minimum Gasteiger partial charge on any atom is -0.326 e. The first-order valence-corrected chi connectivity index (χ1v) is 8.34. The molecule has 0 saturated heterocycles. The maximum Gasteiger partial charge on any atom is 0.269 e. The summed E-state index contributed by atoms with van der Waals surface area (Å²) in [6.45, 7) is 1.63. The van der Waals surface area contributed by atoms with Crippen LogP contribution in [-0.2, 0) is 16.0 Å². The van der Waals surface area contributed by atoms with Crippen LogP contribution >= 0.6 is 0 Å². The molecule has 2 aromatic rings. The van der Waals surface area contributed by atoms with E-state index in [0.29, 0.717) is 24.2 Å². The van der Waals surface area contributed by atoms with Gasteiger partial charge in [-0.1, -0.05) is 30.3 Å². The molecule has 27 heavy (non-hydrogen) atoms. The second kappa shape index (κ2) is 9.81. The smallest absolute Gasteiger partial charge is 0.269 e. The molecule has 0 aromatic heterocycles. The molecule has 2 N–H and O–H groups in total. The van der Waals surface area contributed by atoms with Gasteiger partial charge in [0.1, 0.15) is 0 Å². The van der Waals surface area contributed by atoms with Gasteiger partial charge in [0.05, 0.1) is 11.3 Å². The molecule has 0 heterocycles. The quantitative estimate of drug-likeness (QED) is 0.423. The molecule has 8 nitrogen and oxygen atoms in total. The maximum absolute atomic E-state index is 12.0. The summed E-state index contributed by atoms with van der Waals surface area (Å²) in [6, 6.07) is 15.2. The van der Waals surface area contributed by atoms with Crippen LogP contribution in [0.15, 0.2) is 59.7 Å². The number of hydrogen-bond donors (Lipinski definition) is 2. The fraction of sp³-hybridized carbons (Fsp3) is 0.211. The first kappa shape index (κ1) is 19.8. The number of rotatable bonds is 8. The molecule has 0 bridgehead atoms. The molecule has 0 atom stereocenters. The van der Waals surface area contributed by atoms with E-state index in [1.165, 1.54) is 24.3 Å². The van der Waals surface area contributed by atoms with Crippen molar-refractivity contribution in [2.75, 3.05) is 5.32 Å². The van der Waals surface area contributed by atoms with E-state index in [9.17, 15) is 19.7 Å². The number of non-ortho nitro benzene ring substituents is 1. The van der Waals surface area contributed by atoms with Crippen LogP contribution in [0.1, 0.15) is 25.3 Å². The highest BCUT2D eigenvalue weighted by Gasteiger charge is 2.08. The number of nitro benzene ring substituents is 1. The van der Waals surface area contributed by atoms with Crippen LogP contribution in [0, 0.1) is 10.1 Å². The number of aryl methyl sites for hydroxylation is 1. The van der Waals surface area contributed by atoms with Gasteiger partial charge in [-0.2, -0.15) is 5.10 Å². The van der Waals surface area contributed by atoms with E-state index in [1.54, 1.807) is 6.92 Å². The largest absolute Gasteiger partial charge is 0.326 e. The highest BCUT2D eigenvalue weighted by Crippen LogP contribution is 2.15. The van der Waals surface area contributed by atoms with Gasteiger partial charge in [-0.25, -0.2) is 5.43 Å². The van der Waals surface area contributed by atoms with Crippen molar-refractivity contribution < 1.29 is 14.5 Å². The summed E-state index contributed by atoms with van der Waals surface area (Å²) in [5.74, 6) is -0.558. The van der Waals surface area contributed by atoms with E-state index in [2.05, 4.69) is 15.8 Å². The van der Waals surface area contributed by atoms with Crippen molar-refractivity contribution in [1.82, 2.24) is 5.43 Å². The lowest BCUT2D eigenvalue weighted by Gasteiger charge is -2.05. The van der Waals surface area contributed by atoms with E-state index in [4.69, 9.17) is 0 Å². The molecule has 0 radical (unpaired) electrons. The molecule has 8 heteroatoms. The maximum atomic E-state index is 12.0. The van der Waals surface area contributed by atoms with Crippen molar-refractivity contribution in [3.8, 4) is 0 Å². The predicted octanol–water partition coefficient (Wildman–Crippen LogP) is 3.05. The SMILES string of the molecule is C/C(CC(=O)Nc1ccc([N+](=O)[O-])cc1)=N\NC(=O)CCc1ccccc1. The van der Waals surface area contributed by atoms with Gasteiger partial charge in [0.15, 0.2) is 0 Å². The molecule has 0 spiro atoms. The highest BCUT2D eigenvalue weighted by atomic mass is 16.6. The third kappa shape index (κ3) is 7.07. The lowest BCUT2D eigenvalue weighted by atomic mass is 10.1. The zero-order valence-electron chi connectivity index (χ0n) is 14.8. The minimum absolute atomic E-state index is 0.00402. The number of benzene rings is 2. The highest BCUT2D eigenvalue weighted by molar-refractivity contribution is 6.05. The molecule has 0 aliphatic heterocycles. The summed E-state index contributed by atoms with van der Waals surface area (Å²) < 4.78 is 0. The normalized spacial score (nSPS) is 10.9. The van der Waals surface area contributed by atoms with Crippen molar-refractivity contribution in [3.05, 3.63) is 70.3 Å². The van der Waals surface area contributed by atoms with E-state index >= 15 is 0 Å². The van der Waals surface area contributed by atoms with Gasteiger partial charge in [-0.05, 0) is 31.0 Å². The Morgan fingerprint density at radius 1 is 1.04 bits per heavy atom. The van der Waals surface area contributed by atoms with Crippen LogP contribution in [0.4, 0.5) is 11.4 Å². The standard InChI is InChI=1S/C19H20N4O4/c1-14(21-22-18(24)12-7-15-5-3-2-4-6-15)13-19(25)20-16-8-10-17(11-9-16)23(26)27/h2-6,8-11H,7,12-13H2,1H3,(H,20,25)(H,22,24)/b21-14+. The molecule has 0 fully saturated rings. The number of carbonyl (C=O) groups excluding carboxylic acids is 2. The summed E-state index contributed by atoms with van der Waals surface area (Å²) in [4.78, 5) is 33.9. The average molecular weight is 368 g/mol. The van der Waals surface area contributed by atoms with Crippen molar-refractivity contribution in [2.24, 2.45) is 5.10 Å². The predicted molar refractivity (Wildman–Crippen MR) is 102 cm³/mol. The summed E-state index contributed by atoms with van der Waals surface area (Å²) in [5.41, 5.74) is 4.35. The first-order valence-electron chi connectivity index (χ1n) is 8.34. The molecular weight excluding hydrogens is 348 g/mol. The van der Waals surface area contributed by atoms with Crippen LogP contribution in [0.2, 0.25) is 0 Å². The lowest BCUT2D eigenvalue weighted by molar-refractivity contribution is -0.384. The Kier molecular flexibility index (Phi) is 7.18. The van der Waals surface area contributed by atoms with Crippen LogP contribution in [0.5, 0.6) is 0 Å². The second-order valence-corrected chi connectivity index (χ2v) is 5.90. The summed E-state index contributed by atoms with van der Waals surface area (Å²) in [5, 5.41) is 17.1. The number of hydrogen-bond acceptors (Lipinski definition) is 5. The van der Waals surface area contributed by atoms with Gasteiger partial charge in [0, 0.05) is 30.0 Å². The summed E-state index contributed by atoms with van der Waals surface area (Å²) in [6.07, 6.45) is 0.910. The molecule has 0 aliphatic carbocycles. The van der Waals surface area contributed by atoms with Gasteiger partial charge in [-0.3, -0.25) is 19.7 Å². The van der Waals surface area contributed by atoms with E-state index < -0.39 is 4.92 Å². The molecule has 2 rings (SSSR count). The number of carbonyl (C=O) groups is 2. The monoisotopic (exact) mass is 368 g/mol. The molecule has 2 amide bonds. The second-order valence-electron chi connectivity index (χ2n) is 5.90. The topological polar surface area (TPSA) is 114 Å². The molecule has 0 saturated carbocycles. The third-order valence-electron chi connectivity index (χ3n) is 3.63. The minimum atomic E-state index is -0.511. The van der Waals surface area contributed by atoms with E-state index in [0.717, 1.165) is 5.56 Å². The zero-order chi connectivity index (χ0) is 19.6. The number of amides is 2. The van der Waals surface area contributed by atoms with E-state index in [1.807, 2.05) is 30.3 Å². The fourth-order valence-electron chi connectivity index (χ4n) is 2.26. The number of anilines is 1. The molecule has 2 aromatic carbocycles. The van der Waals surface area contributed by atoms with Gasteiger partial charge >= 0.3 is 0 Å². The first-order chi connectivity index (χ1) is 12.9. The Morgan fingerprint density at radius 3 is 2.33 bits per heavy atom.